The van der Waals surface area contributed by atoms with Gasteiger partial charge in [-0.2, -0.15) is 0 Å². The fourth-order valence-electron chi connectivity index (χ4n) is 4.11. The lowest BCUT2D eigenvalue weighted by molar-refractivity contribution is 0.0597. The zero-order chi connectivity index (χ0) is 22.9. The molecule has 0 aromatic heterocycles. The average molecular weight is 566 g/mol. The third-order valence-corrected chi connectivity index (χ3v) is 5.94. The molecule has 3 rings (SSSR count). The van der Waals surface area contributed by atoms with Crippen molar-refractivity contribution in [2.75, 3.05) is 27.8 Å². The van der Waals surface area contributed by atoms with Crippen molar-refractivity contribution in [1.29, 1.82) is 0 Å². The molecule has 0 saturated carbocycles. The molecular formula is C25H35IN4O3. The standard InChI is InChI=1S/C25H34N4O3.HI/c1-18-14-21(12-13-29(18)17-19-8-6-5-7-9-19)28-25(26-2)27-16-20-10-11-23(31-3)22(15-20)24(30)32-4;/h5-11,15,18,21H,12-14,16-17H2,1-4H3,(H2,26,27,28);1H. The van der Waals surface area contributed by atoms with E-state index in [4.69, 9.17) is 9.47 Å². The molecule has 2 N–H and O–H groups in total. The molecule has 0 aliphatic carbocycles. The van der Waals surface area contributed by atoms with E-state index in [2.05, 4.69) is 57.8 Å². The number of halogens is 1. The van der Waals surface area contributed by atoms with Crippen LogP contribution in [0.15, 0.2) is 53.5 Å². The largest absolute Gasteiger partial charge is 0.496 e. The first-order chi connectivity index (χ1) is 15.5. The molecule has 1 fully saturated rings. The fraction of sp³-hybridized carbons (Fsp3) is 0.440. The molecule has 1 heterocycles. The van der Waals surface area contributed by atoms with Crippen LogP contribution in [0.3, 0.4) is 0 Å². The SMILES string of the molecule is CN=C(NCc1ccc(OC)c(C(=O)OC)c1)NC1CCN(Cc2ccccc2)C(C)C1.I. The van der Waals surface area contributed by atoms with Crippen molar-refractivity contribution in [3.05, 3.63) is 65.2 Å². The van der Waals surface area contributed by atoms with Gasteiger partial charge in [0.2, 0.25) is 0 Å². The minimum Gasteiger partial charge on any atom is -0.496 e. The highest BCUT2D eigenvalue weighted by Gasteiger charge is 2.26. The van der Waals surface area contributed by atoms with Crippen LogP contribution < -0.4 is 15.4 Å². The van der Waals surface area contributed by atoms with Gasteiger partial charge in [-0.3, -0.25) is 9.89 Å². The Labute approximate surface area is 214 Å². The van der Waals surface area contributed by atoms with Gasteiger partial charge in [-0.15, -0.1) is 24.0 Å². The first-order valence-corrected chi connectivity index (χ1v) is 11.0. The molecule has 0 spiro atoms. The van der Waals surface area contributed by atoms with Gasteiger partial charge in [0, 0.05) is 38.8 Å². The van der Waals surface area contributed by atoms with Crippen LogP contribution in [0, 0.1) is 0 Å². The molecule has 2 aromatic rings. The van der Waals surface area contributed by atoms with Gasteiger partial charge in [-0.25, -0.2) is 4.79 Å². The number of piperidine rings is 1. The van der Waals surface area contributed by atoms with E-state index in [0.717, 1.165) is 37.5 Å². The van der Waals surface area contributed by atoms with E-state index in [1.54, 1.807) is 19.2 Å². The summed E-state index contributed by atoms with van der Waals surface area (Å²) in [6, 6.07) is 17.0. The maximum atomic E-state index is 12.0. The maximum absolute atomic E-state index is 12.0. The molecular weight excluding hydrogens is 531 g/mol. The highest BCUT2D eigenvalue weighted by atomic mass is 127. The molecule has 33 heavy (non-hydrogen) atoms. The van der Waals surface area contributed by atoms with Crippen LogP contribution in [0.2, 0.25) is 0 Å². The van der Waals surface area contributed by atoms with Crippen molar-refractivity contribution < 1.29 is 14.3 Å². The molecule has 7 nitrogen and oxygen atoms in total. The van der Waals surface area contributed by atoms with Crippen LogP contribution in [-0.4, -0.2) is 56.7 Å². The fourth-order valence-corrected chi connectivity index (χ4v) is 4.11. The molecule has 2 atom stereocenters. The van der Waals surface area contributed by atoms with Gasteiger partial charge in [-0.05, 0) is 43.0 Å². The van der Waals surface area contributed by atoms with E-state index in [9.17, 15) is 4.79 Å². The third kappa shape index (κ3) is 7.60. The molecule has 1 aliphatic rings. The third-order valence-electron chi connectivity index (χ3n) is 5.94. The van der Waals surface area contributed by atoms with Gasteiger partial charge in [0.25, 0.3) is 0 Å². The van der Waals surface area contributed by atoms with Crippen LogP contribution in [-0.2, 0) is 17.8 Å². The number of nitrogens with zero attached hydrogens (tertiary/aromatic N) is 2. The molecule has 180 valence electrons. The molecule has 2 unspecified atom stereocenters. The number of esters is 1. The smallest absolute Gasteiger partial charge is 0.341 e. The molecule has 2 aromatic carbocycles. The number of ether oxygens (including phenoxy) is 2. The Kier molecular flexibility index (Phi) is 10.9. The van der Waals surface area contributed by atoms with E-state index in [0.29, 0.717) is 29.9 Å². The van der Waals surface area contributed by atoms with Gasteiger partial charge >= 0.3 is 5.97 Å². The Hall–Kier alpha value is -2.33. The number of hydrogen-bond acceptors (Lipinski definition) is 5. The Morgan fingerprint density at radius 3 is 2.55 bits per heavy atom. The second kappa shape index (κ2) is 13.4. The highest BCUT2D eigenvalue weighted by molar-refractivity contribution is 14.0. The second-order valence-corrected chi connectivity index (χ2v) is 8.12. The first-order valence-electron chi connectivity index (χ1n) is 11.0. The number of nitrogens with one attached hydrogen (secondary N) is 2. The zero-order valence-electron chi connectivity index (χ0n) is 19.8. The van der Waals surface area contributed by atoms with Crippen LogP contribution >= 0.6 is 24.0 Å². The summed E-state index contributed by atoms with van der Waals surface area (Å²) in [6.45, 7) is 4.86. The maximum Gasteiger partial charge on any atom is 0.341 e. The van der Waals surface area contributed by atoms with Gasteiger partial charge < -0.3 is 20.1 Å². The Bertz CT molecular complexity index is 923. The summed E-state index contributed by atoms with van der Waals surface area (Å²) in [5.74, 6) is 0.843. The summed E-state index contributed by atoms with van der Waals surface area (Å²) < 4.78 is 10.1. The van der Waals surface area contributed by atoms with E-state index in [1.165, 1.54) is 19.8 Å². The number of carbonyl (C=O) groups is 1. The molecule has 0 amide bonds. The number of aliphatic imine (C=N–C) groups is 1. The molecule has 1 saturated heterocycles. The number of benzene rings is 2. The number of methoxy groups -OCH3 is 2. The van der Waals surface area contributed by atoms with Crippen LogP contribution in [0.5, 0.6) is 5.75 Å². The Morgan fingerprint density at radius 1 is 1.15 bits per heavy atom. The summed E-state index contributed by atoms with van der Waals surface area (Å²) in [6.07, 6.45) is 2.12. The zero-order valence-corrected chi connectivity index (χ0v) is 22.2. The minimum absolute atomic E-state index is 0. The summed E-state index contributed by atoms with van der Waals surface area (Å²) in [4.78, 5) is 18.9. The summed E-state index contributed by atoms with van der Waals surface area (Å²) in [5, 5.41) is 6.91. The molecule has 8 heteroatoms. The second-order valence-electron chi connectivity index (χ2n) is 8.12. The van der Waals surface area contributed by atoms with Crippen molar-refractivity contribution in [2.24, 2.45) is 4.99 Å². The van der Waals surface area contributed by atoms with Gasteiger partial charge in [0.1, 0.15) is 11.3 Å². The minimum atomic E-state index is -0.414. The number of guanidine groups is 1. The predicted octanol–water partition coefficient (Wildman–Crippen LogP) is 3.82. The predicted molar refractivity (Wildman–Crippen MR) is 142 cm³/mol. The normalized spacial score (nSPS) is 18.7. The van der Waals surface area contributed by atoms with Gasteiger partial charge in [0.05, 0.1) is 14.2 Å². The topological polar surface area (TPSA) is 75.2 Å². The summed E-state index contributed by atoms with van der Waals surface area (Å²) in [7, 11) is 4.68. The lowest BCUT2D eigenvalue weighted by Crippen LogP contribution is -2.51. The van der Waals surface area contributed by atoms with Crippen molar-refractivity contribution >= 4 is 35.9 Å². The van der Waals surface area contributed by atoms with Crippen LogP contribution in [0.4, 0.5) is 0 Å². The van der Waals surface area contributed by atoms with Crippen molar-refractivity contribution in [2.45, 2.75) is 44.9 Å². The molecule has 1 aliphatic heterocycles. The van der Waals surface area contributed by atoms with E-state index in [-0.39, 0.29) is 24.0 Å². The van der Waals surface area contributed by atoms with Gasteiger partial charge in [-0.1, -0.05) is 36.4 Å². The number of likely N-dealkylation sites (tertiary alicyclic amines) is 1. The lowest BCUT2D eigenvalue weighted by atomic mass is 9.97. The van der Waals surface area contributed by atoms with E-state index >= 15 is 0 Å². The van der Waals surface area contributed by atoms with Crippen molar-refractivity contribution in [3.8, 4) is 5.75 Å². The van der Waals surface area contributed by atoms with Crippen LogP contribution in [0.1, 0.15) is 41.3 Å². The highest BCUT2D eigenvalue weighted by Crippen LogP contribution is 2.21. The monoisotopic (exact) mass is 566 g/mol. The van der Waals surface area contributed by atoms with Crippen molar-refractivity contribution in [3.63, 3.8) is 0 Å². The molecule has 0 bridgehead atoms. The lowest BCUT2D eigenvalue weighted by Gasteiger charge is -2.38. The average Bonchev–Trinajstić information content (AvgIpc) is 2.83. The number of rotatable bonds is 7. The molecule has 0 radical (unpaired) electrons. The van der Waals surface area contributed by atoms with E-state index < -0.39 is 5.97 Å². The van der Waals surface area contributed by atoms with Gasteiger partial charge in [0.15, 0.2) is 5.96 Å². The van der Waals surface area contributed by atoms with Crippen LogP contribution in [0.25, 0.3) is 0 Å². The Balaban J connectivity index is 0.00000385. The number of carbonyl (C=O) groups excluding carboxylic acids is 1. The Morgan fingerprint density at radius 2 is 1.91 bits per heavy atom. The van der Waals surface area contributed by atoms with Crippen molar-refractivity contribution in [1.82, 2.24) is 15.5 Å². The summed E-state index contributed by atoms with van der Waals surface area (Å²) >= 11 is 0. The number of hydrogen-bond donors (Lipinski definition) is 2. The van der Waals surface area contributed by atoms with E-state index in [1.807, 2.05) is 6.07 Å². The first kappa shape index (κ1) is 26.9. The summed E-state index contributed by atoms with van der Waals surface area (Å²) in [5.41, 5.74) is 2.71. The quantitative estimate of drug-likeness (QED) is 0.230.